The molecule has 0 aromatic heterocycles. The molecule has 0 bridgehead atoms. The molecule has 2 heterocycles. The summed E-state index contributed by atoms with van der Waals surface area (Å²) >= 11 is 0. The Morgan fingerprint density at radius 1 is 1.40 bits per heavy atom. The predicted octanol–water partition coefficient (Wildman–Crippen LogP) is 0.116. The zero-order valence-electron chi connectivity index (χ0n) is 9.44. The fourth-order valence-corrected chi connectivity index (χ4v) is 2.19. The highest BCUT2D eigenvalue weighted by Gasteiger charge is 2.32. The number of hydrogen-bond acceptors (Lipinski definition) is 4. The molecule has 0 radical (unpaired) electrons. The Bertz CT molecular complexity index is 190. The van der Waals surface area contributed by atoms with Gasteiger partial charge in [0.25, 0.3) is 0 Å². The SMILES string of the molecule is COCC1CN(C2CNC2)CC(C)O1.Cl. The lowest BCUT2D eigenvalue weighted by Crippen LogP contribution is -2.62. The fraction of sp³-hybridized carbons (Fsp3) is 1.00. The molecule has 2 unspecified atom stereocenters. The molecule has 2 aliphatic heterocycles. The van der Waals surface area contributed by atoms with E-state index in [1.54, 1.807) is 7.11 Å². The van der Waals surface area contributed by atoms with E-state index in [-0.39, 0.29) is 18.5 Å². The van der Waals surface area contributed by atoms with Gasteiger partial charge in [0.05, 0.1) is 18.8 Å². The average Bonchev–Trinajstić information content (AvgIpc) is 1.99. The highest BCUT2D eigenvalue weighted by atomic mass is 35.5. The van der Waals surface area contributed by atoms with Crippen molar-refractivity contribution in [2.45, 2.75) is 25.2 Å². The zero-order valence-corrected chi connectivity index (χ0v) is 10.3. The number of methoxy groups -OCH3 is 1. The van der Waals surface area contributed by atoms with Gasteiger partial charge in [0.15, 0.2) is 0 Å². The summed E-state index contributed by atoms with van der Waals surface area (Å²) in [5.74, 6) is 0. The first kappa shape index (κ1) is 13.2. The van der Waals surface area contributed by atoms with Gasteiger partial charge < -0.3 is 14.8 Å². The van der Waals surface area contributed by atoms with Gasteiger partial charge in [-0.05, 0) is 6.92 Å². The van der Waals surface area contributed by atoms with Gasteiger partial charge in [0.2, 0.25) is 0 Å². The van der Waals surface area contributed by atoms with E-state index in [9.17, 15) is 0 Å². The summed E-state index contributed by atoms with van der Waals surface area (Å²) in [6, 6.07) is 0.723. The van der Waals surface area contributed by atoms with Crippen molar-refractivity contribution in [2.24, 2.45) is 0 Å². The van der Waals surface area contributed by atoms with Crippen molar-refractivity contribution < 1.29 is 9.47 Å². The van der Waals surface area contributed by atoms with Crippen LogP contribution in [-0.4, -0.2) is 63.0 Å². The van der Waals surface area contributed by atoms with Crippen LogP contribution in [0.3, 0.4) is 0 Å². The Morgan fingerprint density at radius 3 is 2.67 bits per heavy atom. The number of nitrogens with one attached hydrogen (secondary N) is 1. The van der Waals surface area contributed by atoms with Gasteiger partial charge in [-0.2, -0.15) is 0 Å². The summed E-state index contributed by atoms with van der Waals surface area (Å²) in [5, 5.41) is 3.31. The number of morpholine rings is 1. The summed E-state index contributed by atoms with van der Waals surface area (Å²) in [5.41, 5.74) is 0. The normalized spacial score (nSPS) is 33.2. The van der Waals surface area contributed by atoms with Gasteiger partial charge in [-0.1, -0.05) is 0 Å². The van der Waals surface area contributed by atoms with Crippen LogP contribution in [-0.2, 0) is 9.47 Å². The first-order valence-electron chi connectivity index (χ1n) is 5.38. The molecule has 2 rings (SSSR count). The van der Waals surface area contributed by atoms with E-state index in [1.165, 1.54) is 0 Å². The smallest absolute Gasteiger partial charge is 0.0939 e. The lowest BCUT2D eigenvalue weighted by atomic mass is 10.1. The third kappa shape index (κ3) is 3.29. The number of halogens is 1. The minimum absolute atomic E-state index is 0. The second kappa shape index (κ2) is 6.01. The Labute approximate surface area is 97.7 Å². The topological polar surface area (TPSA) is 33.7 Å². The molecule has 2 fully saturated rings. The molecular weight excluding hydrogens is 216 g/mol. The minimum Gasteiger partial charge on any atom is -0.382 e. The van der Waals surface area contributed by atoms with Crippen LogP contribution in [0.5, 0.6) is 0 Å². The van der Waals surface area contributed by atoms with Crippen molar-refractivity contribution >= 4 is 12.4 Å². The van der Waals surface area contributed by atoms with Crippen LogP contribution >= 0.6 is 12.4 Å². The van der Waals surface area contributed by atoms with Gasteiger partial charge in [-0.25, -0.2) is 0 Å². The Morgan fingerprint density at radius 2 is 2.13 bits per heavy atom. The second-order valence-corrected chi connectivity index (χ2v) is 4.29. The molecule has 0 aliphatic carbocycles. The zero-order chi connectivity index (χ0) is 9.97. The highest BCUT2D eigenvalue weighted by Crippen LogP contribution is 2.15. The van der Waals surface area contributed by atoms with E-state index >= 15 is 0 Å². The highest BCUT2D eigenvalue weighted by molar-refractivity contribution is 5.85. The predicted molar refractivity (Wildman–Crippen MR) is 61.7 cm³/mol. The van der Waals surface area contributed by atoms with Gasteiger partial charge in [-0.3, -0.25) is 4.90 Å². The van der Waals surface area contributed by atoms with E-state index in [2.05, 4.69) is 17.1 Å². The fourth-order valence-electron chi connectivity index (χ4n) is 2.19. The van der Waals surface area contributed by atoms with Crippen LogP contribution in [0.15, 0.2) is 0 Å². The molecule has 2 atom stereocenters. The molecule has 90 valence electrons. The maximum atomic E-state index is 5.79. The van der Waals surface area contributed by atoms with Crippen LogP contribution in [0, 0.1) is 0 Å². The summed E-state index contributed by atoms with van der Waals surface area (Å²) in [4.78, 5) is 2.52. The van der Waals surface area contributed by atoms with Crippen LogP contribution in [0.25, 0.3) is 0 Å². The molecular formula is C10H21ClN2O2. The standard InChI is InChI=1S/C10H20N2O2.ClH/c1-8-5-12(9-3-11-4-9)6-10(14-8)7-13-2;/h8-11H,3-7H2,1-2H3;1H. The van der Waals surface area contributed by atoms with Crippen molar-refractivity contribution in [3.8, 4) is 0 Å². The van der Waals surface area contributed by atoms with Crippen LogP contribution in [0.4, 0.5) is 0 Å². The van der Waals surface area contributed by atoms with Crippen LogP contribution in [0.2, 0.25) is 0 Å². The van der Waals surface area contributed by atoms with Gasteiger partial charge in [0, 0.05) is 39.3 Å². The monoisotopic (exact) mass is 236 g/mol. The number of rotatable bonds is 3. The number of hydrogen-bond donors (Lipinski definition) is 1. The molecule has 1 N–H and O–H groups in total. The summed E-state index contributed by atoms with van der Waals surface area (Å²) in [6.07, 6.45) is 0.592. The van der Waals surface area contributed by atoms with Gasteiger partial charge in [0.1, 0.15) is 0 Å². The Hall–Kier alpha value is 0.130. The quantitative estimate of drug-likeness (QED) is 0.755. The minimum atomic E-state index is 0. The molecule has 0 spiro atoms. The lowest BCUT2D eigenvalue weighted by Gasteiger charge is -2.44. The summed E-state index contributed by atoms with van der Waals surface area (Å²) in [6.45, 7) is 7.19. The summed E-state index contributed by atoms with van der Waals surface area (Å²) < 4.78 is 10.9. The van der Waals surface area contributed by atoms with Crippen molar-refractivity contribution in [3.63, 3.8) is 0 Å². The molecule has 0 aromatic rings. The van der Waals surface area contributed by atoms with E-state index in [1.807, 2.05) is 0 Å². The third-order valence-corrected chi connectivity index (χ3v) is 2.98. The van der Waals surface area contributed by atoms with Crippen molar-refractivity contribution in [3.05, 3.63) is 0 Å². The maximum Gasteiger partial charge on any atom is 0.0939 e. The van der Waals surface area contributed by atoms with Gasteiger partial charge in [-0.15, -0.1) is 12.4 Å². The van der Waals surface area contributed by atoms with E-state index in [4.69, 9.17) is 9.47 Å². The molecule has 0 amide bonds. The first-order chi connectivity index (χ1) is 6.79. The molecule has 4 nitrogen and oxygen atoms in total. The van der Waals surface area contributed by atoms with Crippen molar-refractivity contribution in [1.29, 1.82) is 0 Å². The summed E-state index contributed by atoms with van der Waals surface area (Å²) in [7, 11) is 1.73. The molecule has 0 saturated carbocycles. The maximum absolute atomic E-state index is 5.79. The van der Waals surface area contributed by atoms with Crippen molar-refractivity contribution in [2.75, 3.05) is 39.9 Å². The number of nitrogens with zero attached hydrogens (tertiary/aromatic N) is 1. The van der Waals surface area contributed by atoms with E-state index < -0.39 is 0 Å². The Balaban J connectivity index is 0.00000112. The molecule has 5 heteroatoms. The molecule has 0 aromatic carbocycles. The second-order valence-electron chi connectivity index (χ2n) is 4.29. The molecule has 2 saturated heterocycles. The average molecular weight is 237 g/mol. The number of ether oxygens (including phenoxy) is 2. The molecule has 2 aliphatic rings. The Kier molecular flexibility index (Phi) is 5.29. The molecule has 15 heavy (non-hydrogen) atoms. The van der Waals surface area contributed by atoms with Gasteiger partial charge >= 0.3 is 0 Å². The van der Waals surface area contributed by atoms with E-state index in [0.717, 1.165) is 32.2 Å². The van der Waals surface area contributed by atoms with E-state index in [0.29, 0.717) is 12.7 Å². The van der Waals surface area contributed by atoms with Crippen LogP contribution in [0.1, 0.15) is 6.92 Å². The lowest BCUT2D eigenvalue weighted by molar-refractivity contribution is -0.114. The first-order valence-corrected chi connectivity index (χ1v) is 5.38. The van der Waals surface area contributed by atoms with Crippen LogP contribution < -0.4 is 5.32 Å². The third-order valence-electron chi connectivity index (χ3n) is 2.98. The largest absolute Gasteiger partial charge is 0.382 e. The van der Waals surface area contributed by atoms with Crippen molar-refractivity contribution in [1.82, 2.24) is 10.2 Å².